The lowest BCUT2D eigenvalue weighted by molar-refractivity contribution is -0.114. The van der Waals surface area contributed by atoms with Gasteiger partial charge in [-0.3, -0.25) is 10.2 Å². The predicted octanol–water partition coefficient (Wildman–Crippen LogP) is 5.29. The maximum Gasteiger partial charge on any atom is 0.343 e. The Morgan fingerprint density at radius 2 is 1.94 bits per heavy atom. The normalized spacial score (nSPS) is 16.5. The number of thioether (sulfide) groups is 1. The molecule has 5 rings (SSSR count). The third kappa shape index (κ3) is 4.38. The number of thiophene rings is 1. The number of amides is 1. The minimum Gasteiger partial charge on any atom is -0.423 e. The minimum atomic E-state index is -0.531. The van der Waals surface area contributed by atoms with Crippen molar-refractivity contribution in [2.45, 2.75) is 0 Å². The van der Waals surface area contributed by atoms with Gasteiger partial charge in [0, 0.05) is 5.02 Å². The second-order valence-corrected chi connectivity index (χ2v) is 9.21. The zero-order valence-electron chi connectivity index (χ0n) is 16.7. The molecule has 2 aliphatic heterocycles. The fraction of sp³-hybridized carbons (Fsp3) is 0. The van der Waals surface area contributed by atoms with Crippen LogP contribution in [-0.4, -0.2) is 32.9 Å². The molecule has 1 amide bonds. The highest BCUT2D eigenvalue weighted by atomic mass is 35.5. The van der Waals surface area contributed by atoms with Gasteiger partial charge < -0.3 is 4.74 Å². The van der Waals surface area contributed by atoms with Gasteiger partial charge in [-0.2, -0.15) is 15.1 Å². The maximum absolute atomic E-state index is 12.6. The Morgan fingerprint density at radius 1 is 1.12 bits per heavy atom. The van der Waals surface area contributed by atoms with Crippen molar-refractivity contribution in [2.75, 3.05) is 0 Å². The van der Waals surface area contributed by atoms with E-state index in [9.17, 15) is 9.59 Å². The molecule has 10 heteroatoms. The molecule has 162 valence electrons. The molecule has 0 spiro atoms. The highest BCUT2D eigenvalue weighted by molar-refractivity contribution is 8.27. The van der Waals surface area contributed by atoms with E-state index < -0.39 is 11.9 Å². The fourth-order valence-electron chi connectivity index (χ4n) is 3.08. The van der Waals surface area contributed by atoms with Crippen LogP contribution in [0.25, 0.3) is 6.08 Å². The highest BCUT2D eigenvalue weighted by Crippen LogP contribution is 2.32. The van der Waals surface area contributed by atoms with Gasteiger partial charge in [-0.05, 0) is 71.2 Å². The number of rotatable bonds is 4. The van der Waals surface area contributed by atoms with Gasteiger partial charge >= 0.3 is 5.97 Å². The summed E-state index contributed by atoms with van der Waals surface area (Å²) in [7, 11) is 0. The summed E-state index contributed by atoms with van der Waals surface area (Å²) in [6.07, 6.45) is 1.54. The average molecular weight is 493 g/mol. The monoisotopic (exact) mass is 492 g/mol. The Labute approximate surface area is 201 Å². The number of ether oxygens (including phenoxy) is 1. The number of carbonyl (C=O) groups excluding carboxylic acids is 2. The van der Waals surface area contributed by atoms with E-state index in [1.807, 2.05) is 17.5 Å². The van der Waals surface area contributed by atoms with Gasteiger partial charge in [0.2, 0.25) is 5.17 Å². The van der Waals surface area contributed by atoms with Crippen molar-refractivity contribution in [3.8, 4) is 5.75 Å². The molecule has 0 aliphatic carbocycles. The maximum atomic E-state index is 12.6. The average Bonchev–Trinajstić information content (AvgIpc) is 3.47. The standard InChI is InChI=1S/C23H13ClN4O3S2/c24-15-8-6-14(7-9-15)22(30)31-16-4-1-3-13(11-16)12-17-19(25)28-23(26-20(17)29)33-21(27-28)18-5-2-10-32-18/h1-12,25H. The summed E-state index contributed by atoms with van der Waals surface area (Å²) in [4.78, 5) is 30.1. The highest BCUT2D eigenvalue weighted by Gasteiger charge is 2.36. The first-order valence-electron chi connectivity index (χ1n) is 9.60. The molecule has 0 saturated carbocycles. The zero-order valence-corrected chi connectivity index (χ0v) is 19.1. The Kier molecular flexibility index (Phi) is 5.67. The van der Waals surface area contributed by atoms with E-state index in [4.69, 9.17) is 21.7 Å². The Bertz CT molecular complexity index is 1380. The number of halogens is 1. The van der Waals surface area contributed by atoms with Crippen LogP contribution in [0, 0.1) is 5.41 Å². The third-order valence-electron chi connectivity index (χ3n) is 4.65. The number of benzene rings is 2. The molecule has 0 radical (unpaired) electrons. The van der Waals surface area contributed by atoms with Crippen molar-refractivity contribution in [1.82, 2.24) is 5.01 Å². The van der Waals surface area contributed by atoms with Crippen LogP contribution >= 0.6 is 34.7 Å². The van der Waals surface area contributed by atoms with Crippen LogP contribution in [0.2, 0.25) is 5.02 Å². The lowest BCUT2D eigenvalue weighted by Crippen LogP contribution is -2.35. The van der Waals surface area contributed by atoms with Crippen molar-refractivity contribution in [2.24, 2.45) is 10.1 Å². The van der Waals surface area contributed by atoms with E-state index in [2.05, 4.69) is 10.1 Å². The summed E-state index contributed by atoms with van der Waals surface area (Å²) >= 11 is 8.64. The molecular formula is C23H13ClN4O3S2. The van der Waals surface area contributed by atoms with Crippen LogP contribution in [0.3, 0.4) is 0 Å². The SMILES string of the molecule is N=C1C(=Cc2cccc(OC(=O)c3ccc(Cl)cc3)c2)C(=O)N=C2SC(c3cccs3)=NN12. The number of nitrogens with one attached hydrogen (secondary N) is 1. The van der Waals surface area contributed by atoms with Gasteiger partial charge in [0.1, 0.15) is 10.8 Å². The second-order valence-electron chi connectivity index (χ2n) is 6.87. The number of hydrazone groups is 1. The van der Waals surface area contributed by atoms with Crippen LogP contribution in [-0.2, 0) is 4.79 Å². The molecule has 7 nitrogen and oxygen atoms in total. The van der Waals surface area contributed by atoms with Crippen molar-refractivity contribution >= 4 is 68.7 Å². The van der Waals surface area contributed by atoms with Gasteiger partial charge in [0.05, 0.1) is 16.0 Å². The summed E-state index contributed by atoms with van der Waals surface area (Å²) in [6.45, 7) is 0. The Hall–Kier alpha value is -3.53. The molecule has 33 heavy (non-hydrogen) atoms. The molecule has 0 saturated heterocycles. The molecule has 3 heterocycles. The molecule has 0 bridgehead atoms. The summed E-state index contributed by atoms with van der Waals surface area (Å²) in [5, 5.41) is 17.8. The van der Waals surface area contributed by atoms with Crippen molar-refractivity contribution in [3.05, 3.63) is 92.6 Å². The molecule has 0 fully saturated rings. The number of fused-ring (bicyclic) bond motifs is 1. The van der Waals surface area contributed by atoms with E-state index in [-0.39, 0.29) is 11.4 Å². The third-order valence-corrected chi connectivity index (χ3v) is 6.85. The van der Waals surface area contributed by atoms with Crippen molar-refractivity contribution in [1.29, 1.82) is 5.41 Å². The van der Waals surface area contributed by atoms with Crippen LogP contribution in [0.15, 0.2) is 81.7 Å². The summed E-state index contributed by atoms with van der Waals surface area (Å²) in [5.74, 6) is -0.813. The summed E-state index contributed by atoms with van der Waals surface area (Å²) in [6, 6.07) is 16.9. The molecule has 1 N–H and O–H groups in total. The quantitative estimate of drug-likeness (QED) is 0.303. The topological polar surface area (TPSA) is 95.2 Å². The number of amidine groups is 2. The molecule has 0 unspecified atom stereocenters. The van der Waals surface area contributed by atoms with E-state index >= 15 is 0 Å². The van der Waals surface area contributed by atoms with Gasteiger partial charge in [-0.1, -0.05) is 29.8 Å². The molecule has 0 atom stereocenters. The Balaban J connectivity index is 1.38. The summed E-state index contributed by atoms with van der Waals surface area (Å²) in [5.41, 5.74) is 1.04. The van der Waals surface area contributed by atoms with E-state index in [1.165, 1.54) is 34.2 Å². The number of hydrogen-bond acceptors (Lipinski definition) is 7. The second kappa shape index (κ2) is 8.78. The number of carbonyl (C=O) groups is 2. The molecular weight excluding hydrogens is 480 g/mol. The van der Waals surface area contributed by atoms with Gasteiger partial charge in [-0.25, -0.2) is 4.79 Å². The van der Waals surface area contributed by atoms with Crippen LogP contribution in [0.4, 0.5) is 0 Å². The number of hydrogen-bond donors (Lipinski definition) is 1. The van der Waals surface area contributed by atoms with Gasteiger partial charge in [0.25, 0.3) is 5.91 Å². The molecule has 2 aromatic carbocycles. The zero-order chi connectivity index (χ0) is 22.9. The summed E-state index contributed by atoms with van der Waals surface area (Å²) < 4.78 is 5.44. The fourth-order valence-corrected chi connectivity index (χ4v) is 4.89. The number of aliphatic imine (C=N–C) groups is 1. The van der Waals surface area contributed by atoms with E-state index in [0.717, 1.165) is 4.88 Å². The van der Waals surface area contributed by atoms with Crippen molar-refractivity contribution in [3.63, 3.8) is 0 Å². The lowest BCUT2D eigenvalue weighted by atomic mass is 10.1. The van der Waals surface area contributed by atoms with E-state index in [1.54, 1.807) is 48.5 Å². The number of esters is 1. The number of nitrogens with zero attached hydrogens (tertiary/aromatic N) is 3. The predicted molar refractivity (Wildman–Crippen MR) is 131 cm³/mol. The first kappa shape index (κ1) is 21.3. The lowest BCUT2D eigenvalue weighted by Gasteiger charge is -2.20. The molecule has 2 aliphatic rings. The van der Waals surface area contributed by atoms with Gasteiger partial charge in [0.15, 0.2) is 5.84 Å². The van der Waals surface area contributed by atoms with Crippen molar-refractivity contribution < 1.29 is 14.3 Å². The van der Waals surface area contributed by atoms with Gasteiger partial charge in [-0.15, -0.1) is 11.3 Å². The van der Waals surface area contributed by atoms with Crippen LogP contribution in [0.1, 0.15) is 20.8 Å². The minimum absolute atomic E-state index is 0.0624. The molecule has 1 aromatic heterocycles. The Morgan fingerprint density at radius 3 is 2.70 bits per heavy atom. The van der Waals surface area contributed by atoms with E-state index in [0.29, 0.717) is 32.1 Å². The van der Waals surface area contributed by atoms with Crippen LogP contribution < -0.4 is 4.74 Å². The van der Waals surface area contributed by atoms with Crippen LogP contribution in [0.5, 0.6) is 5.75 Å². The first-order valence-corrected chi connectivity index (χ1v) is 11.7. The smallest absolute Gasteiger partial charge is 0.343 e. The largest absolute Gasteiger partial charge is 0.423 e. The molecule has 3 aromatic rings. The first-order chi connectivity index (χ1) is 16.0.